The van der Waals surface area contributed by atoms with Gasteiger partial charge in [-0.05, 0) is 42.2 Å². The van der Waals surface area contributed by atoms with Crippen molar-refractivity contribution in [3.05, 3.63) is 35.4 Å². The van der Waals surface area contributed by atoms with E-state index in [0.29, 0.717) is 0 Å². The lowest BCUT2D eigenvalue weighted by Gasteiger charge is -2.27. The Morgan fingerprint density at radius 3 is 3.05 bits per heavy atom. The molecule has 1 amide bonds. The normalized spacial score (nSPS) is 24.6. The highest BCUT2D eigenvalue weighted by Crippen LogP contribution is 2.26. The van der Waals surface area contributed by atoms with Crippen molar-refractivity contribution in [2.45, 2.75) is 44.2 Å². The fourth-order valence-corrected chi connectivity index (χ4v) is 2.99. The van der Waals surface area contributed by atoms with Crippen LogP contribution in [0.2, 0.25) is 0 Å². The Bertz CT molecular complexity index is 553. The first kappa shape index (κ1) is 14.1. The molecule has 1 heterocycles. The van der Waals surface area contributed by atoms with Crippen molar-refractivity contribution in [3.63, 3.8) is 0 Å². The lowest BCUT2D eigenvalue weighted by atomic mass is 9.92. The summed E-state index contributed by atoms with van der Waals surface area (Å²) < 4.78 is 5.46. The van der Waals surface area contributed by atoms with Gasteiger partial charge in [-0.2, -0.15) is 0 Å². The maximum absolute atomic E-state index is 11.9. The van der Waals surface area contributed by atoms with E-state index in [4.69, 9.17) is 4.74 Å². The summed E-state index contributed by atoms with van der Waals surface area (Å²) in [4.78, 5) is 11.9. The van der Waals surface area contributed by atoms with Gasteiger partial charge in [-0.15, -0.1) is 0 Å². The fraction of sp³-hybridized carbons (Fsp3) is 0.471. The Balaban J connectivity index is 1.59. The lowest BCUT2D eigenvalue weighted by Crippen LogP contribution is -2.44. The second kappa shape index (κ2) is 6.31. The molecule has 0 bridgehead atoms. The van der Waals surface area contributed by atoms with Crippen LogP contribution in [-0.4, -0.2) is 29.8 Å². The number of aliphatic hydroxyl groups excluding tert-OH is 1. The summed E-state index contributed by atoms with van der Waals surface area (Å²) in [7, 11) is 0. The van der Waals surface area contributed by atoms with E-state index in [-0.39, 0.29) is 11.9 Å². The average Bonchev–Trinajstić information content (AvgIpc) is 2.95. The molecular weight excluding hydrogens is 266 g/mol. The number of hydrogen-bond donors (Lipinski definition) is 2. The van der Waals surface area contributed by atoms with E-state index in [1.807, 2.05) is 18.2 Å². The summed E-state index contributed by atoms with van der Waals surface area (Å²) in [5, 5.41) is 12.7. The standard InChI is InChI=1S/C17H21NO3/c19-15-4-2-1-3-14(15)18-17(20)8-6-12-5-7-16-13(11-12)9-10-21-16/h5-8,11,14-15,19H,1-4,9-10H2,(H,18,20)/b8-6+/t14-,15-/m1/s1. The van der Waals surface area contributed by atoms with Crippen LogP contribution in [0.3, 0.4) is 0 Å². The molecule has 3 rings (SSSR count). The highest BCUT2D eigenvalue weighted by atomic mass is 16.5. The molecule has 0 radical (unpaired) electrons. The number of fused-ring (bicyclic) bond motifs is 1. The average molecular weight is 287 g/mol. The number of amides is 1. The van der Waals surface area contributed by atoms with Crippen LogP contribution < -0.4 is 10.1 Å². The van der Waals surface area contributed by atoms with Crippen LogP contribution in [0.4, 0.5) is 0 Å². The van der Waals surface area contributed by atoms with Crippen molar-refractivity contribution in [2.24, 2.45) is 0 Å². The van der Waals surface area contributed by atoms with Gasteiger partial charge in [-0.1, -0.05) is 18.9 Å². The Labute approximate surface area is 124 Å². The molecule has 1 aromatic rings. The molecule has 4 heteroatoms. The Kier molecular flexibility index (Phi) is 4.25. The van der Waals surface area contributed by atoms with E-state index in [2.05, 4.69) is 11.4 Å². The van der Waals surface area contributed by atoms with Gasteiger partial charge in [0.05, 0.1) is 18.8 Å². The molecule has 112 valence electrons. The van der Waals surface area contributed by atoms with Gasteiger partial charge >= 0.3 is 0 Å². The second-order valence-electron chi connectivity index (χ2n) is 5.77. The molecule has 0 unspecified atom stereocenters. The van der Waals surface area contributed by atoms with Gasteiger partial charge in [0.25, 0.3) is 0 Å². The van der Waals surface area contributed by atoms with E-state index in [9.17, 15) is 9.90 Å². The van der Waals surface area contributed by atoms with E-state index in [1.54, 1.807) is 6.08 Å². The van der Waals surface area contributed by atoms with Crippen molar-refractivity contribution < 1.29 is 14.6 Å². The Hall–Kier alpha value is -1.81. The highest BCUT2D eigenvalue weighted by molar-refractivity contribution is 5.92. The van der Waals surface area contributed by atoms with Crippen molar-refractivity contribution in [1.29, 1.82) is 0 Å². The first-order valence-electron chi connectivity index (χ1n) is 7.65. The molecule has 1 fully saturated rings. The highest BCUT2D eigenvalue weighted by Gasteiger charge is 2.23. The molecule has 2 aliphatic rings. The number of rotatable bonds is 3. The number of benzene rings is 1. The number of hydrogen-bond acceptors (Lipinski definition) is 3. The van der Waals surface area contributed by atoms with Crippen LogP contribution >= 0.6 is 0 Å². The number of carbonyl (C=O) groups excluding carboxylic acids is 1. The van der Waals surface area contributed by atoms with Gasteiger partial charge in [0.2, 0.25) is 5.91 Å². The summed E-state index contributed by atoms with van der Waals surface area (Å²) in [6.07, 6.45) is 7.61. The minimum absolute atomic E-state index is 0.107. The van der Waals surface area contributed by atoms with Gasteiger partial charge in [0, 0.05) is 12.5 Å². The van der Waals surface area contributed by atoms with Gasteiger partial charge in [-0.25, -0.2) is 0 Å². The van der Waals surface area contributed by atoms with Crippen molar-refractivity contribution in [3.8, 4) is 5.75 Å². The topological polar surface area (TPSA) is 58.6 Å². The largest absolute Gasteiger partial charge is 0.493 e. The number of nitrogens with one attached hydrogen (secondary N) is 1. The molecule has 0 spiro atoms. The smallest absolute Gasteiger partial charge is 0.244 e. The summed E-state index contributed by atoms with van der Waals surface area (Å²) in [6, 6.07) is 5.85. The number of ether oxygens (including phenoxy) is 1. The predicted octanol–water partition coefficient (Wildman–Crippen LogP) is 2.05. The molecule has 21 heavy (non-hydrogen) atoms. The molecular formula is C17H21NO3. The quantitative estimate of drug-likeness (QED) is 0.837. The second-order valence-corrected chi connectivity index (χ2v) is 5.77. The maximum Gasteiger partial charge on any atom is 0.244 e. The van der Waals surface area contributed by atoms with Crippen LogP contribution in [0.15, 0.2) is 24.3 Å². The third kappa shape index (κ3) is 3.45. The van der Waals surface area contributed by atoms with Gasteiger partial charge in [0.1, 0.15) is 5.75 Å². The fourth-order valence-electron chi connectivity index (χ4n) is 2.99. The lowest BCUT2D eigenvalue weighted by molar-refractivity contribution is -0.118. The predicted molar refractivity (Wildman–Crippen MR) is 81.1 cm³/mol. The maximum atomic E-state index is 11.9. The molecule has 0 aromatic heterocycles. The van der Waals surface area contributed by atoms with Gasteiger partial charge < -0.3 is 15.2 Å². The third-order valence-corrected chi connectivity index (χ3v) is 4.20. The van der Waals surface area contributed by atoms with Crippen LogP contribution in [0.25, 0.3) is 6.08 Å². The molecule has 0 saturated heterocycles. The third-order valence-electron chi connectivity index (χ3n) is 4.20. The molecule has 1 aromatic carbocycles. The summed E-state index contributed by atoms with van der Waals surface area (Å²) in [6.45, 7) is 0.739. The molecule has 2 atom stereocenters. The van der Waals surface area contributed by atoms with E-state index in [1.165, 1.54) is 5.56 Å². The van der Waals surface area contributed by atoms with E-state index >= 15 is 0 Å². The Morgan fingerprint density at radius 1 is 1.33 bits per heavy atom. The van der Waals surface area contributed by atoms with Crippen molar-refractivity contribution in [1.82, 2.24) is 5.32 Å². The van der Waals surface area contributed by atoms with Crippen LogP contribution in [-0.2, 0) is 11.2 Å². The van der Waals surface area contributed by atoms with Crippen LogP contribution in [0.5, 0.6) is 5.75 Å². The first-order chi connectivity index (χ1) is 10.2. The number of aliphatic hydroxyl groups is 1. The summed E-state index contributed by atoms with van der Waals surface area (Å²) in [5.41, 5.74) is 2.19. The Morgan fingerprint density at radius 2 is 2.19 bits per heavy atom. The van der Waals surface area contributed by atoms with Crippen LogP contribution in [0, 0.1) is 0 Å². The SMILES string of the molecule is O=C(/C=C/c1ccc2c(c1)CCO2)N[C@@H]1CCCC[C@H]1O. The zero-order valence-corrected chi connectivity index (χ0v) is 12.0. The van der Waals surface area contributed by atoms with E-state index < -0.39 is 6.10 Å². The summed E-state index contributed by atoms with van der Waals surface area (Å²) in [5.74, 6) is 0.805. The molecule has 1 saturated carbocycles. The van der Waals surface area contributed by atoms with E-state index in [0.717, 1.165) is 50.0 Å². The minimum atomic E-state index is -0.409. The zero-order valence-electron chi connectivity index (χ0n) is 12.0. The molecule has 1 aliphatic carbocycles. The van der Waals surface area contributed by atoms with Crippen molar-refractivity contribution >= 4 is 12.0 Å². The molecule has 1 aliphatic heterocycles. The molecule has 4 nitrogen and oxygen atoms in total. The van der Waals surface area contributed by atoms with Crippen LogP contribution in [0.1, 0.15) is 36.8 Å². The van der Waals surface area contributed by atoms with Gasteiger partial charge in [-0.3, -0.25) is 4.79 Å². The van der Waals surface area contributed by atoms with Gasteiger partial charge in [0.15, 0.2) is 0 Å². The number of carbonyl (C=O) groups is 1. The zero-order chi connectivity index (χ0) is 14.7. The monoisotopic (exact) mass is 287 g/mol. The summed E-state index contributed by atoms with van der Waals surface area (Å²) >= 11 is 0. The first-order valence-corrected chi connectivity index (χ1v) is 7.65. The minimum Gasteiger partial charge on any atom is -0.493 e. The molecule has 2 N–H and O–H groups in total. The van der Waals surface area contributed by atoms with Crippen molar-refractivity contribution in [2.75, 3.05) is 6.61 Å².